The molecule has 1 aromatic heterocycles. The van der Waals surface area contributed by atoms with Crippen LogP contribution in [0.5, 0.6) is 17.2 Å². The predicted molar refractivity (Wildman–Crippen MR) is 366 cm³/mol. The van der Waals surface area contributed by atoms with E-state index in [2.05, 4.69) is 25.8 Å². The molecular formula is C75H132N2O13. The van der Waals surface area contributed by atoms with Crippen molar-refractivity contribution in [1.82, 2.24) is 9.55 Å². The maximum Gasteiger partial charge on any atom is 0.330 e. The zero-order chi connectivity index (χ0) is 65.2. The number of hydrogen-bond donors (Lipinski definition) is 5. The van der Waals surface area contributed by atoms with Crippen molar-refractivity contribution in [3.63, 3.8) is 0 Å². The van der Waals surface area contributed by atoms with Gasteiger partial charge in [0.1, 0.15) is 23.2 Å². The Labute approximate surface area is 545 Å². The van der Waals surface area contributed by atoms with Crippen LogP contribution in [0.25, 0.3) is 0 Å². The molecule has 0 bridgehead atoms. The Kier molecular flexibility index (Phi) is 45.9. The third kappa shape index (κ3) is 31.8. The lowest BCUT2D eigenvalue weighted by Gasteiger charge is -2.46. The number of methoxy groups -OCH3 is 1. The summed E-state index contributed by atoms with van der Waals surface area (Å²) in [6, 6.07) is 4.38. The van der Waals surface area contributed by atoms with Crippen LogP contribution in [0.4, 0.5) is 0 Å². The third-order valence-electron chi connectivity index (χ3n) is 19.0. The van der Waals surface area contributed by atoms with Gasteiger partial charge in [0.15, 0.2) is 17.7 Å². The minimum Gasteiger partial charge on any atom is -0.490 e. The van der Waals surface area contributed by atoms with Crippen molar-refractivity contribution in [1.29, 1.82) is 0 Å². The Morgan fingerprint density at radius 1 is 0.522 bits per heavy atom. The first-order valence-corrected chi connectivity index (χ1v) is 37.3. The highest BCUT2D eigenvalue weighted by molar-refractivity contribution is 5.84. The van der Waals surface area contributed by atoms with Crippen LogP contribution in [0.1, 0.15) is 347 Å². The monoisotopic (exact) mass is 1270 g/mol. The summed E-state index contributed by atoms with van der Waals surface area (Å²) in [6.07, 6.45) is 53.9. The molecule has 0 radical (unpaired) electrons. The van der Waals surface area contributed by atoms with Crippen LogP contribution in [0.3, 0.4) is 0 Å². The normalized spacial score (nSPS) is 17.2. The fourth-order valence-corrected chi connectivity index (χ4v) is 13.5. The van der Waals surface area contributed by atoms with Crippen molar-refractivity contribution in [2.45, 2.75) is 366 Å². The summed E-state index contributed by atoms with van der Waals surface area (Å²) < 4.78 is 32.8. The fraction of sp³-hybridized carbons (Fsp3) is 0.840. The summed E-state index contributed by atoms with van der Waals surface area (Å²) in [5.74, 6) is -2.18. The molecule has 0 aliphatic carbocycles. The molecule has 0 spiro atoms. The Bertz CT molecular complexity index is 2160. The average molecular weight is 1270 g/mol. The molecule has 1 fully saturated rings. The van der Waals surface area contributed by atoms with E-state index in [4.69, 9.17) is 23.7 Å². The van der Waals surface area contributed by atoms with Gasteiger partial charge in [-0.3, -0.25) is 23.9 Å². The number of carboxylic acid groups (broad SMARTS) is 2. The number of aromatic nitrogens is 2. The molecule has 1 aliphatic heterocycles. The number of hydrogen-bond acceptors (Lipinski definition) is 11. The number of ether oxygens (including phenoxy) is 5. The van der Waals surface area contributed by atoms with Crippen molar-refractivity contribution in [2.75, 3.05) is 33.5 Å². The van der Waals surface area contributed by atoms with E-state index in [1.165, 1.54) is 245 Å². The highest BCUT2D eigenvalue weighted by Crippen LogP contribution is 2.53. The summed E-state index contributed by atoms with van der Waals surface area (Å²) in [4.78, 5) is 54.6. The maximum absolute atomic E-state index is 14.1. The van der Waals surface area contributed by atoms with Crippen LogP contribution in [0.2, 0.25) is 0 Å². The Morgan fingerprint density at radius 3 is 1.13 bits per heavy atom. The standard InChI is InChI=1S/C75H132N2O13/c1-5-8-11-14-17-20-23-26-29-32-35-38-41-44-47-50-55-87-64-58-63(60-74(72(82)83,61-68(80)81)75(85)66(62-78)90-71(70(75)86-4)77-54-53-67(79)76-73(77)84)59-65(88-56-51-48-45-42-39-36-33-30-27-24-21-18-15-12-9-6-2)69(64)89-57-52-49-46-43-40-37-34-31-28-25-22-19-16-13-10-7-3/h53-54,58-59,66,70-71,78,85H,5-52,55-57,60-62H2,1-4H3,(H,80,81)(H,82,83)(H,76,79,84)/t66-,70+,71-,74?,75-/m1/s1. The zero-order valence-corrected chi connectivity index (χ0v) is 57.6. The van der Waals surface area contributed by atoms with Gasteiger partial charge in [-0.25, -0.2) is 4.79 Å². The van der Waals surface area contributed by atoms with Crippen LogP contribution in [-0.4, -0.2) is 93.3 Å². The molecule has 1 saturated heterocycles. The third-order valence-corrected chi connectivity index (χ3v) is 19.0. The predicted octanol–water partition coefficient (Wildman–Crippen LogP) is 18.9. The van der Waals surface area contributed by atoms with Crippen LogP contribution >= 0.6 is 0 Å². The molecule has 5 atom stereocenters. The molecule has 0 saturated carbocycles. The number of carbonyl (C=O) groups is 2. The van der Waals surface area contributed by atoms with E-state index in [0.29, 0.717) is 37.1 Å². The van der Waals surface area contributed by atoms with Gasteiger partial charge in [0.05, 0.1) is 32.8 Å². The van der Waals surface area contributed by atoms with Crippen molar-refractivity contribution >= 4 is 11.9 Å². The van der Waals surface area contributed by atoms with Crippen LogP contribution in [0.15, 0.2) is 34.0 Å². The number of carboxylic acids is 2. The lowest BCUT2D eigenvalue weighted by Crippen LogP contribution is -2.66. The second-order valence-corrected chi connectivity index (χ2v) is 26.7. The molecule has 520 valence electrons. The number of unbranched alkanes of at least 4 members (excludes halogenated alkanes) is 45. The number of aliphatic hydroxyl groups excluding tert-OH is 1. The first-order valence-electron chi connectivity index (χ1n) is 37.3. The molecule has 90 heavy (non-hydrogen) atoms. The number of aromatic amines is 1. The summed E-state index contributed by atoms with van der Waals surface area (Å²) in [6.45, 7) is 6.93. The Hall–Kier alpha value is -3.92. The number of aliphatic carboxylic acids is 2. The maximum atomic E-state index is 14.1. The molecule has 5 N–H and O–H groups in total. The first-order chi connectivity index (χ1) is 43.9. The van der Waals surface area contributed by atoms with Gasteiger partial charge in [-0.2, -0.15) is 0 Å². The summed E-state index contributed by atoms with van der Waals surface area (Å²) in [5.41, 5.74) is -6.81. The van der Waals surface area contributed by atoms with E-state index in [9.17, 15) is 39.6 Å². The van der Waals surface area contributed by atoms with E-state index >= 15 is 0 Å². The van der Waals surface area contributed by atoms with Gasteiger partial charge >= 0.3 is 17.6 Å². The minimum absolute atomic E-state index is 0.280. The van der Waals surface area contributed by atoms with Gasteiger partial charge < -0.3 is 44.1 Å². The Balaban J connectivity index is 1.83. The molecular weight excluding hydrogens is 1140 g/mol. The second-order valence-electron chi connectivity index (χ2n) is 26.7. The van der Waals surface area contributed by atoms with Crippen molar-refractivity contribution < 1.29 is 53.7 Å². The lowest BCUT2D eigenvalue weighted by atomic mass is 9.61. The lowest BCUT2D eigenvalue weighted by molar-refractivity contribution is -0.205. The molecule has 1 unspecified atom stereocenters. The fourth-order valence-electron chi connectivity index (χ4n) is 13.5. The van der Waals surface area contributed by atoms with Crippen molar-refractivity contribution in [3.05, 3.63) is 50.8 Å². The number of nitrogens with zero attached hydrogens (tertiary/aromatic N) is 1. The molecule has 15 nitrogen and oxygen atoms in total. The van der Waals surface area contributed by atoms with Gasteiger partial charge in [-0.1, -0.05) is 310 Å². The van der Waals surface area contributed by atoms with Crippen LogP contribution < -0.4 is 25.5 Å². The SMILES string of the molecule is CCCCCCCCCCCCCCCCCCOc1cc(CC(CC(=O)O)(C(=O)O)[C@@]2(O)[C@@H](CO)O[C@@H](n3ccc(=O)[nH]c3=O)[C@@H]2OC)cc(OCCCCCCCCCCCCCCCCCC)c1OCCCCCCCCCCCCCCCCCC. The molecule has 15 heteroatoms. The number of rotatable bonds is 63. The largest absolute Gasteiger partial charge is 0.490 e. The summed E-state index contributed by atoms with van der Waals surface area (Å²) >= 11 is 0. The van der Waals surface area contributed by atoms with Gasteiger partial charge in [0.2, 0.25) is 5.75 Å². The zero-order valence-electron chi connectivity index (χ0n) is 57.6. The molecule has 1 aliphatic rings. The first kappa shape index (κ1) is 80.3. The second kappa shape index (κ2) is 51.5. The van der Waals surface area contributed by atoms with E-state index in [1.807, 2.05) is 0 Å². The van der Waals surface area contributed by atoms with E-state index in [-0.39, 0.29) is 5.56 Å². The number of benzene rings is 1. The molecule has 0 amide bonds. The molecule has 2 heterocycles. The van der Waals surface area contributed by atoms with Gasteiger partial charge in [0, 0.05) is 19.4 Å². The van der Waals surface area contributed by atoms with Crippen LogP contribution in [0, 0.1) is 5.41 Å². The van der Waals surface area contributed by atoms with Gasteiger partial charge in [-0.15, -0.1) is 0 Å². The smallest absolute Gasteiger partial charge is 0.330 e. The van der Waals surface area contributed by atoms with Gasteiger partial charge in [0.25, 0.3) is 5.56 Å². The minimum atomic E-state index is -2.79. The Morgan fingerprint density at radius 2 is 0.844 bits per heavy atom. The van der Waals surface area contributed by atoms with Crippen molar-refractivity contribution in [2.24, 2.45) is 5.41 Å². The average Bonchev–Trinajstić information content (AvgIpc) is 1.48. The number of aliphatic hydroxyl groups is 2. The van der Waals surface area contributed by atoms with E-state index in [0.717, 1.165) is 87.5 Å². The summed E-state index contributed by atoms with van der Waals surface area (Å²) in [7, 11) is 1.18. The quantitative estimate of drug-likeness (QED) is 0.0390. The van der Waals surface area contributed by atoms with E-state index < -0.39 is 72.1 Å². The topological polar surface area (TPSA) is 216 Å². The highest BCUT2D eigenvalue weighted by atomic mass is 16.6. The highest BCUT2D eigenvalue weighted by Gasteiger charge is 2.71. The summed E-state index contributed by atoms with van der Waals surface area (Å²) in [5, 5.41) is 46.0. The molecule has 2 aromatic rings. The van der Waals surface area contributed by atoms with E-state index in [1.54, 1.807) is 12.1 Å². The van der Waals surface area contributed by atoms with Crippen molar-refractivity contribution in [3.8, 4) is 17.2 Å². The molecule has 1 aromatic carbocycles. The molecule has 3 rings (SSSR count). The van der Waals surface area contributed by atoms with Crippen LogP contribution in [-0.2, 0) is 25.5 Å². The number of nitrogens with one attached hydrogen (secondary N) is 1. The van der Waals surface area contributed by atoms with Gasteiger partial charge in [-0.05, 0) is 43.4 Å². The number of H-pyrrole nitrogens is 1.